The van der Waals surface area contributed by atoms with Crippen molar-refractivity contribution in [1.29, 1.82) is 0 Å². The summed E-state index contributed by atoms with van der Waals surface area (Å²) in [6, 6.07) is 7.51. The van der Waals surface area contributed by atoms with Gasteiger partial charge in [-0.25, -0.2) is 0 Å². The molecule has 1 N–H and O–H groups in total. The second kappa shape index (κ2) is 6.06. The fourth-order valence-corrected chi connectivity index (χ4v) is 2.48. The van der Waals surface area contributed by atoms with E-state index in [4.69, 9.17) is 4.74 Å². The Bertz CT molecular complexity index is 448. The highest BCUT2D eigenvalue weighted by Crippen LogP contribution is 2.22. The fraction of sp³-hybridized carbons (Fsp3) is 0.533. The van der Waals surface area contributed by atoms with Crippen LogP contribution in [0, 0.1) is 5.92 Å². The van der Waals surface area contributed by atoms with E-state index in [2.05, 4.69) is 12.2 Å². The maximum Gasteiger partial charge on any atom is 0.243 e. The van der Waals surface area contributed by atoms with Gasteiger partial charge in [0.05, 0.1) is 13.2 Å². The number of carbonyl (C=O) groups is 1. The number of amides is 1. The summed E-state index contributed by atoms with van der Waals surface area (Å²) >= 11 is 0. The molecule has 4 nitrogen and oxygen atoms in total. The highest BCUT2D eigenvalue weighted by atomic mass is 16.5. The molecule has 0 bridgehead atoms. The maximum absolute atomic E-state index is 12.5. The number of hydrogen-bond acceptors (Lipinski definition) is 3. The summed E-state index contributed by atoms with van der Waals surface area (Å²) in [5, 5.41) is 3.31. The van der Waals surface area contributed by atoms with Crippen LogP contribution in [0.4, 0.5) is 5.69 Å². The predicted molar refractivity (Wildman–Crippen MR) is 76.6 cm³/mol. The number of anilines is 1. The van der Waals surface area contributed by atoms with E-state index in [1.54, 1.807) is 12.0 Å². The Kier molecular flexibility index (Phi) is 4.43. The number of carbonyl (C=O) groups excluding carboxylic acids is 1. The van der Waals surface area contributed by atoms with Gasteiger partial charge in [-0.2, -0.15) is 0 Å². The van der Waals surface area contributed by atoms with Crippen molar-refractivity contribution in [2.45, 2.75) is 25.8 Å². The van der Waals surface area contributed by atoms with Gasteiger partial charge in [0.2, 0.25) is 5.91 Å². The third-order valence-electron chi connectivity index (χ3n) is 3.74. The lowest BCUT2D eigenvalue weighted by Gasteiger charge is -2.30. The van der Waals surface area contributed by atoms with Crippen LogP contribution >= 0.6 is 0 Å². The van der Waals surface area contributed by atoms with E-state index in [9.17, 15) is 4.79 Å². The zero-order valence-electron chi connectivity index (χ0n) is 11.8. The molecule has 19 heavy (non-hydrogen) atoms. The Balaban J connectivity index is 2.09. The molecular formula is C15H22N2O2. The van der Waals surface area contributed by atoms with E-state index in [-0.39, 0.29) is 11.9 Å². The second-order valence-corrected chi connectivity index (χ2v) is 5.23. The van der Waals surface area contributed by atoms with Crippen LogP contribution in [0.3, 0.4) is 0 Å². The van der Waals surface area contributed by atoms with E-state index in [1.807, 2.05) is 31.3 Å². The van der Waals surface area contributed by atoms with E-state index in [1.165, 1.54) is 0 Å². The van der Waals surface area contributed by atoms with Gasteiger partial charge in [-0.1, -0.05) is 13.0 Å². The zero-order valence-corrected chi connectivity index (χ0v) is 11.8. The Hall–Kier alpha value is -1.55. The molecule has 1 aromatic rings. The number of ether oxygens (including phenoxy) is 1. The fourth-order valence-electron chi connectivity index (χ4n) is 2.48. The first kappa shape index (κ1) is 13.9. The number of nitrogens with one attached hydrogen (secondary N) is 1. The summed E-state index contributed by atoms with van der Waals surface area (Å²) in [7, 11) is 3.45. The van der Waals surface area contributed by atoms with Crippen molar-refractivity contribution in [2.24, 2.45) is 5.92 Å². The van der Waals surface area contributed by atoms with E-state index in [0.717, 1.165) is 30.8 Å². The molecular weight excluding hydrogens is 240 g/mol. The van der Waals surface area contributed by atoms with Crippen molar-refractivity contribution in [3.05, 3.63) is 24.3 Å². The molecule has 0 radical (unpaired) electrons. The monoisotopic (exact) mass is 262 g/mol. The van der Waals surface area contributed by atoms with Crippen molar-refractivity contribution < 1.29 is 9.53 Å². The molecule has 4 heteroatoms. The van der Waals surface area contributed by atoms with Crippen molar-refractivity contribution in [3.8, 4) is 5.75 Å². The first-order valence-corrected chi connectivity index (χ1v) is 6.77. The maximum atomic E-state index is 12.5. The van der Waals surface area contributed by atoms with E-state index < -0.39 is 0 Å². The summed E-state index contributed by atoms with van der Waals surface area (Å²) < 4.78 is 5.19. The Morgan fingerprint density at radius 2 is 2.26 bits per heavy atom. The van der Waals surface area contributed by atoms with Crippen molar-refractivity contribution in [2.75, 3.05) is 25.6 Å². The lowest BCUT2D eigenvalue weighted by Crippen LogP contribution is -2.49. The lowest BCUT2D eigenvalue weighted by molar-refractivity contribution is -0.121. The summed E-state index contributed by atoms with van der Waals surface area (Å²) in [6.45, 7) is 3.12. The molecule has 1 amide bonds. The number of nitrogens with zero attached hydrogens (tertiary/aromatic N) is 1. The summed E-state index contributed by atoms with van der Waals surface area (Å²) in [4.78, 5) is 14.2. The van der Waals surface area contributed by atoms with Crippen molar-refractivity contribution in [3.63, 3.8) is 0 Å². The normalized spacial score (nSPS) is 22.9. The number of benzene rings is 1. The van der Waals surface area contributed by atoms with Gasteiger partial charge in [0.25, 0.3) is 0 Å². The van der Waals surface area contributed by atoms with Gasteiger partial charge >= 0.3 is 0 Å². The molecule has 1 aliphatic rings. The summed E-state index contributed by atoms with van der Waals surface area (Å²) in [5.41, 5.74) is 0.865. The SMILES string of the molecule is COc1cccc(N(C)C(=O)C2CC(C)CCN2)c1. The van der Waals surface area contributed by atoms with Gasteiger partial charge in [0, 0.05) is 18.8 Å². The topological polar surface area (TPSA) is 41.6 Å². The van der Waals surface area contributed by atoms with Crippen LogP contribution in [0.15, 0.2) is 24.3 Å². The minimum Gasteiger partial charge on any atom is -0.497 e. The van der Waals surface area contributed by atoms with E-state index in [0.29, 0.717) is 5.92 Å². The van der Waals surface area contributed by atoms with Gasteiger partial charge in [0.15, 0.2) is 0 Å². The number of hydrogen-bond donors (Lipinski definition) is 1. The lowest BCUT2D eigenvalue weighted by atomic mass is 9.93. The molecule has 1 aromatic carbocycles. The molecule has 1 heterocycles. The molecule has 2 unspecified atom stereocenters. The zero-order chi connectivity index (χ0) is 13.8. The van der Waals surface area contributed by atoms with Crippen LogP contribution in [-0.4, -0.2) is 32.7 Å². The molecule has 104 valence electrons. The van der Waals surface area contributed by atoms with Crippen LogP contribution in [0.25, 0.3) is 0 Å². The highest BCUT2D eigenvalue weighted by Gasteiger charge is 2.27. The molecule has 1 aliphatic heterocycles. The highest BCUT2D eigenvalue weighted by molar-refractivity contribution is 5.96. The second-order valence-electron chi connectivity index (χ2n) is 5.23. The van der Waals surface area contributed by atoms with Crippen LogP contribution in [0.1, 0.15) is 19.8 Å². The van der Waals surface area contributed by atoms with Gasteiger partial charge < -0.3 is 15.0 Å². The van der Waals surface area contributed by atoms with Gasteiger partial charge in [-0.15, -0.1) is 0 Å². The van der Waals surface area contributed by atoms with Crippen LogP contribution in [-0.2, 0) is 4.79 Å². The largest absolute Gasteiger partial charge is 0.497 e. The van der Waals surface area contributed by atoms with Gasteiger partial charge in [-0.05, 0) is 37.4 Å². The number of likely N-dealkylation sites (N-methyl/N-ethyl adjacent to an activating group) is 1. The molecule has 0 aromatic heterocycles. The third kappa shape index (κ3) is 3.26. The molecule has 1 saturated heterocycles. The summed E-state index contributed by atoms with van der Waals surface area (Å²) in [5.74, 6) is 1.50. The van der Waals surface area contributed by atoms with Crippen LogP contribution < -0.4 is 15.0 Å². The number of rotatable bonds is 3. The molecule has 2 atom stereocenters. The summed E-state index contributed by atoms with van der Waals surface area (Å²) in [6.07, 6.45) is 2.06. The molecule has 0 aliphatic carbocycles. The van der Waals surface area contributed by atoms with Crippen LogP contribution in [0.2, 0.25) is 0 Å². The number of piperidine rings is 1. The smallest absolute Gasteiger partial charge is 0.243 e. The van der Waals surface area contributed by atoms with E-state index >= 15 is 0 Å². The third-order valence-corrected chi connectivity index (χ3v) is 3.74. The first-order chi connectivity index (χ1) is 9.11. The average molecular weight is 262 g/mol. The average Bonchev–Trinajstić information content (AvgIpc) is 2.45. The Morgan fingerprint density at radius 1 is 1.47 bits per heavy atom. The molecule has 2 rings (SSSR count). The standard InChI is InChI=1S/C15H22N2O2/c1-11-7-8-16-14(9-11)15(18)17(2)12-5-4-6-13(10-12)19-3/h4-6,10-11,14,16H,7-9H2,1-3H3. The minimum absolute atomic E-state index is 0.0695. The van der Waals surface area contributed by atoms with Crippen molar-refractivity contribution in [1.82, 2.24) is 5.32 Å². The quantitative estimate of drug-likeness (QED) is 0.906. The van der Waals surface area contributed by atoms with Gasteiger partial charge in [-0.3, -0.25) is 4.79 Å². The predicted octanol–water partition coefficient (Wildman–Crippen LogP) is 2.05. The number of methoxy groups -OCH3 is 1. The first-order valence-electron chi connectivity index (χ1n) is 6.77. The van der Waals surface area contributed by atoms with Crippen molar-refractivity contribution >= 4 is 11.6 Å². The molecule has 1 fully saturated rings. The minimum atomic E-state index is -0.0695. The molecule has 0 saturated carbocycles. The molecule has 0 spiro atoms. The van der Waals surface area contributed by atoms with Gasteiger partial charge in [0.1, 0.15) is 5.75 Å². The Labute approximate surface area is 114 Å². The Morgan fingerprint density at radius 3 is 2.95 bits per heavy atom. The van der Waals surface area contributed by atoms with Crippen LogP contribution in [0.5, 0.6) is 5.75 Å².